The SMILES string of the molecule is COC(=O)c1cn(CC(=O)N2CCCC2c2ccc(OC)c(OC)c2)c2ccccc12. The third-order valence-corrected chi connectivity index (χ3v) is 5.87. The standard InChI is InChI=1S/C24H26N2O5/c1-29-21-11-10-16(13-22(21)30-2)19-9-6-12-26(19)23(27)15-25-14-18(24(28)31-3)17-7-4-5-8-20(17)25/h4-5,7-8,10-11,13-14,19H,6,9,12,15H2,1-3H3. The Bertz CT molecular complexity index is 1120. The molecule has 1 aromatic heterocycles. The van der Waals surface area contributed by atoms with Gasteiger partial charge in [0.25, 0.3) is 0 Å². The van der Waals surface area contributed by atoms with E-state index in [9.17, 15) is 9.59 Å². The highest BCUT2D eigenvalue weighted by atomic mass is 16.5. The van der Waals surface area contributed by atoms with Crippen LogP contribution in [-0.4, -0.2) is 49.2 Å². The monoisotopic (exact) mass is 422 g/mol. The highest BCUT2D eigenvalue weighted by Gasteiger charge is 2.31. The summed E-state index contributed by atoms with van der Waals surface area (Å²) in [5, 5.41) is 0.778. The van der Waals surface area contributed by atoms with Crippen LogP contribution >= 0.6 is 0 Å². The molecule has 1 aliphatic rings. The predicted molar refractivity (Wildman–Crippen MR) is 117 cm³/mol. The number of fused-ring (bicyclic) bond motifs is 1. The molecule has 7 heteroatoms. The van der Waals surface area contributed by atoms with Gasteiger partial charge in [-0.1, -0.05) is 24.3 Å². The molecule has 0 N–H and O–H groups in total. The largest absolute Gasteiger partial charge is 0.493 e. The zero-order valence-electron chi connectivity index (χ0n) is 18.0. The number of esters is 1. The molecule has 4 rings (SSSR count). The summed E-state index contributed by atoms with van der Waals surface area (Å²) >= 11 is 0. The number of hydrogen-bond donors (Lipinski definition) is 0. The summed E-state index contributed by atoms with van der Waals surface area (Å²) in [4.78, 5) is 27.4. The quantitative estimate of drug-likeness (QED) is 0.565. The minimum Gasteiger partial charge on any atom is -0.493 e. The van der Waals surface area contributed by atoms with E-state index in [0.29, 0.717) is 23.6 Å². The van der Waals surface area contributed by atoms with Gasteiger partial charge in [-0.05, 0) is 36.6 Å². The minimum absolute atomic E-state index is 0.00875. The first kappa shape index (κ1) is 20.8. The molecule has 1 aliphatic heterocycles. The van der Waals surface area contributed by atoms with E-state index in [-0.39, 0.29) is 18.5 Å². The van der Waals surface area contributed by atoms with Crippen molar-refractivity contribution in [2.75, 3.05) is 27.9 Å². The summed E-state index contributed by atoms with van der Waals surface area (Å²) in [6.07, 6.45) is 3.53. The first-order chi connectivity index (χ1) is 15.1. The fourth-order valence-corrected chi connectivity index (χ4v) is 4.36. The molecule has 3 aromatic rings. The smallest absolute Gasteiger partial charge is 0.340 e. The number of benzene rings is 2. The van der Waals surface area contributed by atoms with Crippen LogP contribution in [0.25, 0.3) is 10.9 Å². The van der Waals surface area contributed by atoms with Gasteiger partial charge in [0, 0.05) is 23.6 Å². The Morgan fingerprint density at radius 2 is 1.81 bits per heavy atom. The van der Waals surface area contributed by atoms with Crippen molar-refractivity contribution < 1.29 is 23.8 Å². The Kier molecular flexibility index (Phi) is 5.84. The van der Waals surface area contributed by atoms with E-state index in [1.807, 2.05) is 51.9 Å². The molecule has 31 heavy (non-hydrogen) atoms. The van der Waals surface area contributed by atoms with Crippen LogP contribution in [-0.2, 0) is 16.1 Å². The van der Waals surface area contributed by atoms with E-state index in [1.54, 1.807) is 20.4 Å². The summed E-state index contributed by atoms with van der Waals surface area (Å²) in [7, 11) is 4.57. The number of ether oxygens (including phenoxy) is 3. The zero-order valence-corrected chi connectivity index (χ0v) is 18.0. The van der Waals surface area contributed by atoms with E-state index in [2.05, 4.69) is 0 Å². The van der Waals surface area contributed by atoms with Crippen molar-refractivity contribution in [3.8, 4) is 11.5 Å². The number of amides is 1. The maximum absolute atomic E-state index is 13.3. The van der Waals surface area contributed by atoms with Crippen molar-refractivity contribution in [1.82, 2.24) is 9.47 Å². The van der Waals surface area contributed by atoms with Gasteiger partial charge < -0.3 is 23.7 Å². The van der Waals surface area contributed by atoms with E-state index in [1.165, 1.54) is 7.11 Å². The number of para-hydroxylation sites is 1. The topological polar surface area (TPSA) is 70.0 Å². The number of nitrogens with zero attached hydrogens (tertiary/aromatic N) is 2. The van der Waals surface area contributed by atoms with Crippen molar-refractivity contribution in [2.24, 2.45) is 0 Å². The lowest BCUT2D eigenvalue weighted by Crippen LogP contribution is -2.33. The molecule has 2 heterocycles. The van der Waals surface area contributed by atoms with Gasteiger partial charge in [0.15, 0.2) is 11.5 Å². The number of carbonyl (C=O) groups excluding carboxylic acids is 2. The normalized spacial score (nSPS) is 15.8. The van der Waals surface area contributed by atoms with E-state index in [4.69, 9.17) is 14.2 Å². The van der Waals surface area contributed by atoms with Gasteiger partial charge in [-0.25, -0.2) is 4.79 Å². The molecule has 162 valence electrons. The molecule has 2 aromatic carbocycles. The molecule has 7 nitrogen and oxygen atoms in total. The van der Waals surface area contributed by atoms with Gasteiger partial charge in [-0.3, -0.25) is 4.79 Å². The average molecular weight is 422 g/mol. The van der Waals surface area contributed by atoms with Crippen LogP contribution in [0.1, 0.15) is 34.8 Å². The molecule has 1 amide bonds. The van der Waals surface area contributed by atoms with E-state index >= 15 is 0 Å². The second kappa shape index (κ2) is 8.71. The molecule has 1 fully saturated rings. The van der Waals surface area contributed by atoms with Crippen molar-refractivity contribution in [3.05, 3.63) is 59.8 Å². The van der Waals surface area contributed by atoms with Crippen LogP contribution in [0.2, 0.25) is 0 Å². The third kappa shape index (κ3) is 3.83. The number of carbonyl (C=O) groups is 2. The fourth-order valence-electron chi connectivity index (χ4n) is 4.36. The van der Waals surface area contributed by atoms with Gasteiger partial charge in [0.05, 0.1) is 32.9 Å². The molecule has 0 saturated carbocycles. The summed E-state index contributed by atoms with van der Waals surface area (Å²) in [6, 6.07) is 13.3. The predicted octanol–water partition coefficient (Wildman–Crippen LogP) is 3.81. The molecule has 0 radical (unpaired) electrons. The number of likely N-dealkylation sites (tertiary alicyclic amines) is 1. The summed E-state index contributed by atoms with van der Waals surface area (Å²) in [5.41, 5.74) is 2.32. The van der Waals surface area contributed by atoms with Crippen molar-refractivity contribution in [2.45, 2.75) is 25.4 Å². The number of hydrogen-bond acceptors (Lipinski definition) is 5. The molecular formula is C24H26N2O5. The van der Waals surface area contributed by atoms with E-state index < -0.39 is 5.97 Å². The minimum atomic E-state index is -0.410. The Labute approximate surface area is 181 Å². The molecule has 1 atom stereocenters. The fraction of sp³-hybridized carbons (Fsp3) is 0.333. The lowest BCUT2D eigenvalue weighted by Gasteiger charge is -2.26. The number of methoxy groups -OCH3 is 3. The van der Waals surface area contributed by atoms with E-state index in [0.717, 1.165) is 29.3 Å². The number of rotatable bonds is 6. The van der Waals surface area contributed by atoms with Crippen LogP contribution in [0.15, 0.2) is 48.7 Å². The van der Waals surface area contributed by atoms with Crippen molar-refractivity contribution >= 4 is 22.8 Å². The van der Waals surface area contributed by atoms with Crippen LogP contribution in [0.3, 0.4) is 0 Å². The van der Waals surface area contributed by atoms with Crippen LogP contribution in [0, 0.1) is 0 Å². The molecule has 0 aliphatic carbocycles. The van der Waals surface area contributed by atoms with Crippen molar-refractivity contribution in [3.63, 3.8) is 0 Å². The number of aromatic nitrogens is 1. The van der Waals surface area contributed by atoms with Crippen molar-refractivity contribution in [1.29, 1.82) is 0 Å². The highest BCUT2D eigenvalue weighted by molar-refractivity contribution is 6.04. The Balaban J connectivity index is 1.61. The molecular weight excluding hydrogens is 396 g/mol. The molecule has 0 spiro atoms. The first-order valence-electron chi connectivity index (χ1n) is 10.2. The second-order valence-corrected chi connectivity index (χ2v) is 7.54. The Morgan fingerprint density at radius 3 is 2.55 bits per heavy atom. The Morgan fingerprint density at radius 1 is 1.03 bits per heavy atom. The Hall–Kier alpha value is -3.48. The van der Waals surface area contributed by atoms with Gasteiger partial charge in [0.1, 0.15) is 6.54 Å². The van der Waals surface area contributed by atoms with Crippen LogP contribution < -0.4 is 9.47 Å². The first-order valence-corrected chi connectivity index (χ1v) is 10.2. The summed E-state index contributed by atoms with van der Waals surface area (Å²) < 4.78 is 17.5. The lowest BCUT2D eigenvalue weighted by molar-refractivity contribution is -0.132. The van der Waals surface area contributed by atoms with Gasteiger partial charge >= 0.3 is 5.97 Å². The molecule has 0 bridgehead atoms. The summed E-state index contributed by atoms with van der Waals surface area (Å²) in [6.45, 7) is 0.849. The zero-order chi connectivity index (χ0) is 22.0. The highest BCUT2D eigenvalue weighted by Crippen LogP contribution is 2.37. The molecule has 1 saturated heterocycles. The summed E-state index contributed by atoms with van der Waals surface area (Å²) in [5.74, 6) is 0.913. The van der Waals surface area contributed by atoms with Crippen LogP contribution in [0.4, 0.5) is 0 Å². The average Bonchev–Trinajstić information content (AvgIpc) is 3.44. The third-order valence-electron chi connectivity index (χ3n) is 5.87. The van der Waals surface area contributed by atoms with Crippen LogP contribution in [0.5, 0.6) is 11.5 Å². The second-order valence-electron chi connectivity index (χ2n) is 7.54. The maximum Gasteiger partial charge on any atom is 0.340 e. The maximum atomic E-state index is 13.3. The van der Waals surface area contributed by atoms with Gasteiger partial charge in [-0.2, -0.15) is 0 Å². The molecule has 1 unspecified atom stereocenters. The van der Waals surface area contributed by atoms with Gasteiger partial charge in [0.2, 0.25) is 5.91 Å². The van der Waals surface area contributed by atoms with Gasteiger partial charge in [-0.15, -0.1) is 0 Å². The lowest BCUT2D eigenvalue weighted by atomic mass is 10.0.